The van der Waals surface area contributed by atoms with Gasteiger partial charge in [0.05, 0.1) is 19.1 Å². The zero-order chi connectivity index (χ0) is 10.9. The van der Waals surface area contributed by atoms with Crippen LogP contribution in [-0.2, 0) is 9.53 Å². The van der Waals surface area contributed by atoms with E-state index in [4.69, 9.17) is 10.6 Å². The zero-order valence-electron chi connectivity index (χ0n) is 9.08. The fourth-order valence-corrected chi connectivity index (χ4v) is 1.64. The summed E-state index contributed by atoms with van der Waals surface area (Å²) < 4.78 is 5.59. The number of carbonyl (C=O) groups is 1. The molecule has 0 aliphatic heterocycles. The monoisotopic (exact) mass is 212 g/mol. The van der Waals surface area contributed by atoms with Gasteiger partial charge < -0.3 is 4.74 Å². The number of ether oxygens (including phenoxy) is 1. The third-order valence-electron chi connectivity index (χ3n) is 2.53. The Balaban J connectivity index is 2.18. The maximum absolute atomic E-state index is 10.8. The van der Waals surface area contributed by atoms with Crippen LogP contribution in [0.2, 0.25) is 0 Å². The quantitative estimate of drug-likeness (QED) is 0.319. The van der Waals surface area contributed by atoms with Gasteiger partial charge in [-0.15, -0.1) is 0 Å². The molecular formula is C11H20N2O2. The summed E-state index contributed by atoms with van der Waals surface area (Å²) in [5, 5.41) is 0. The molecule has 4 nitrogen and oxygen atoms in total. The van der Waals surface area contributed by atoms with E-state index in [0.717, 1.165) is 12.8 Å². The zero-order valence-corrected chi connectivity index (χ0v) is 9.08. The summed E-state index contributed by atoms with van der Waals surface area (Å²) in [4.78, 5) is 10.8. The minimum Gasteiger partial charge on any atom is -0.374 e. The van der Waals surface area contributed by atoms with Gasteiger partial charge in [-0.3, -0.25) is 10.2 Å². The van der Waals surface area contributed by atoms with Crippen molar-refractivity contribution in [3.8, 4) is 0 Å². The average Bonchev–Trinajstić information content (AvgIpc) is 2.20. The molecule has 15 heavy (non-hydrogen) atoms. The van der Waals surface area contributed by atoms with Crippen molar-refractivity contribution in [3.05, 3.63) is 12.2 Å². The molecule has 1 unspecified atom stereocenters. The fraction of sp³-hybridized carbons (Fsp3) is 0.727. The molecule has 1 amide bonds. The number of nitrogens with two attached hydrogens (primary N) is 1. The number of hydrogen-bond donors (Lipinski definition) is 2. The Morgan fingerprint density at radius 2 is 2.33 bits per heavy atom. The van der Waals surface area contributed by atoms with Crippen LogP contribution in [0, 0.1) is 0 Å². The highest BCUT2D eigenvalue weighted by molar-refractivity contribution is 5.75. The number of carbonyl (C=O) groups excluding carboxylic acids is 1. The predicted octanol–water partition coefficient (Wildman–Crippen LogP) is 1.27. The normalized spacial score (nSPS) is 23.9. The maximum atomic E-state index is 10.8. The maximum Gasteiger partial charge on any atom is 0.236 e. The Morgan fingerprint density at radius 3 is 3.13 bits per heavy atom. The van der Waals surface area contributed by atoms with Crippen molar-refractivity contribution in [1.29, 1.82) is 0 Å². The molecule has 1 aliphatic carbocycles. The van der Waals surface area contributed by atoms with Gasteiger partial charge in [-0.2, -0.15) is 0 Å². The van der Waals surface area contributed by atoms with Gasteiger partial charge >= 0.3 is 0 Å². The molecule has 0 spiro atoms. The summed E-state index contributed by atoms with van der Waals surface area (Å²) in [5.74, 6) is 4.79. The van der Waals surface area contributed by atoms with Crippen molar-refractivity contribution in [2.24, 2.45) is 5.84 Å². The molecular weight excluding hydrogens is 192 g/mol. The third-order valence-corrected chi connectivity index (χ3v) is 2.53. The second-order valence-corrected chi connectivity index (χ2v) is 3.79. The first kappa shape index (κ1) is 12.2. The molecule has 1 rings (SSSR count). The SMILES string of the molecule is NNC(=O)CCOC1/C=C/CCCCC1. The number of hydrogen-bond acceptors (Lipinski definition) is 3. The Morgan fingerprint density at radius 1 is 1.47 bits per heavy atom. The van der Waals surface area contributed by atoms with Crippen LogP contribution in [0.4, 0.5) is 0 Å². The Hall–Kier alpha value is -0.870. The van der Waals surface area contributed by atoms with Gasteiger partial charge in [0.1, 0.15) is 0 Å². The first-order valence-electron chi connectivity index (χ1n) is 5.60. The number of hydrazine groups is 1. The van der Waals surface area contributed by atoms with Crippen LogP contribution >= 0.6 is 0 Å². The minimum absolute atomic E-state index is 0.176. The number of allylic oxidation sites excluding steroid dienone is 1. The van der Waals surface area contributed by atoms with E-state index in [9.17, 15) is 4.79 Å². The lowest BCUT2D eigenvalue weighted by atomic mass is 10.0. The van der Waals surface area contributed by atoms with E-state index < -0.39 is 0 Å². The van der Waals surface area contributed by atoms with Crippen LogP contribution in [0.5, 0.6) is 0 Å². The van der Waals surface area contributed by atoms with Crippen molar-refractivity contribution in [2.75, 3.05) is 6.61 Å². The number of amides is 1. The van der Waals surface area contributed by atoms with Crippen molar-refractivity contribution in [2.45, 2.75) is 44.6 Å². The molecule has 0 fully saturated rings. The fourth-order valence-electron chi connectivity index (χ4n) is 1.64. The van der Waals surface area contributed by atoms with E-state index in [1.807, 2.05) is 0 Å². The lowest BCUT2D eigenvalue weighted by molar-refractivity contribution is -0.122. The van der Waals surface area contributed by atoms with E-state index in [0.29, 0.717) is 13.0 Å². The lowest BCUT2D eigenvalue weighted by Gasteiger charge is -2.15. The van der Waals surface area contributed by atoms with Crippen molar-refractivity contribution in [1.82, 2.24) is 5.43 Å². The largest absolute Gasteiger partial charge is 0.374 e. The summed E-state index contributed by atoms with van der Waals surface area (Å²) in [6.07, 6.45) is 10.7. The van der Waals surface area contributed by atoms with Crippen molar-refractivity contribution >= 4 is 5.91 Å². The highest BCUT2D eigenvalue weighted by atomic mass is 16.5. The minimum atomic E-state index is -0.176. The first-order valence-corrected chi connectivity index (χ1v) is 5.60. The van der Waals surface area contributed by atoms with Crippen molar-refractivity contribution in [3.63, 3.8) is 0 Å². The number of nitrogens with one attached hydrogen (secondary N) is 1. The Bertz CT molecular complexity index is 217. The highest BCUT2D eigenvalue weighted by Crippen LogP contribution is 2.14. The van der Waals surface area contributed by atoms with E-state index in [1.165, 1.54) is 19.3 Å². The van der Waals surface area contributed by atoms with E-state index in [1.54, 1.807) is 0 Å². The smallest absolute Gasteiger partial charge is 0.236 e. The molecule has 0 radical (unpaired) electrons. The van der Waals surface area contributed by atoms with Crippen LogP contribution in [0.15, 0.2) is 12.2 Å². The topological polar surface area (TPSA) is 64.3 Å². The van der Waals surface area contributed by atoms with Gasteiger partial charge in [0.2, 0.25) is 5.91 Å². The summed E-state index contributed by atoms with van der Waals surface area (Å²) in [7, 11) is 0. The molecule has 0 heterocycles. The molecule has 0 saturated heterocycles. The standard InChI is InChI=1S/C11H20N2O2/c12-13-11(14)8-9-15-10-6-4-2-1-3-5-7-10/h4,6,10H,1-3,5,7-9,12H2,(H,13,14)/b6-4+. The van der Waals surface area contributed by atoms with Gasteiger partial charge in [0.25, 0.3) is 0 Å². The number of rotatable bonds is 4. The third kappa shape index (κ3) is 5.54. The van der Waals surface area contributed by atoms with E-state index in [2.05, 4.69) is 17.6 Å². The van der Waals surface area contributed by atoms with Crippen LogP contribution < -0.4 is 11.3 Å². The highest BCUT2D eigenvalue weighted by Gasteiger charge is 2.07. The van der Waals surface area contributed by atoms with Crippen LogP contribution in [0.25, 0.3) is 0 Å². The molecule has 86 valence electrons. The van der Waals surface area contributed by atoms with E-state index >= 15 is 0 Å². The predicted molar refractivity (Wildman–Crippen MR) is 58.9 cm³/mol. The molecule has 3 N–H and O–H groups in total. The molecule has 0 aromatic heterocycles. The lowest BCUT2D eigenvalue weighted by Crippen LogP contribution is -2.31. The molecule has 0 aromatic carbocycles. The van der Waals surface area contributed by atoms with Crippen LogP contribution in [0.1, 0.15) is 38.5 Å². The molecule has 0 aromatic rings. The van der Waals surface area contributed by atoms with Gasteiger partial charge in [-0.25, -0.2) is 5.84 Å². The molecule has 1 aliphatic rings. The van der Waals surface area contributed by atoms with Crippen LogP contribution in [-0.4, -0.2) is 18.6 Å². The molecule has 1 atom stereocenters. The Labute approximate surface area is 90.8 Å². The van der Waals surface area contributed by atoms with E-state index in [-0.39, 0.29) is 12.0 Å². The molecule has 4 heteroatoms. The Kier molecular flexibility index (Phi) is 6.04. The second-order valence-electron chi connectivity index (χ2n) is 3.79. The van der Waals surface area contributed by atoms with Gasteiger partial charge in [-0.05, 0) is 19.3 Å². The molecule has 0 saturated carbocycles. The summed E-state index contributed by atoms with van der Waals surface area (Å²) in [6.45, 7) is 0.443. The summed E-state index contributed by atoms with van der Waals surface area (Å²) in [5.41, 5.74) is 2.09. The summed E-state index contributed by atoms with van der Waals surface area (Å²) in [6, 6.07) is 0. The van der Waals surface area contributed by atoms with Gasteiger partial charge in [0.15, 0.2) is 0 Å². The molecule has 0 bridgehead atoms. The summed E-state index contributed by atoms with van der Waals surface area (Å²) >= 11 is 0. The van der Waals surface area contributed by atoms with Gasteiger partial charge in [-0.1, -0.05) is 25.0 Å². The van der Waals surface area contributed by atoms with Gasteiger partial charge in [0, 0.05) is 0 Å². The van der Waals surface area contributed by atoms with Crippen LogP contribution in [0.3, 0.4) is 0 Å². The average molecular weight is 212 g/mol. The first-order chi connectivity index (χ1) is 7.33. The van der Waals surface area contributed by atoms with Crippen molar-refractivity contribution < 1.29 is 9.53 Å². The second kappa shape index (κ2) is 7.43.